The summed E-state index contributed by atoms with van der Waals surface area (Å²) in [5.41, 5.74) is 22.5. The summed E-state index contributed by atoms with van der Waals surface area (Å²) in [5.74, 6) is -3.80. The van der Waals surface area contributed by atoms with Crippen molar-refractivity contribution in [1.29, 1.82) is 0 Å². The molecule has 31 heavy (non-hydrogen) atoms. The third-order valence-corrected chi connectivity index (χ3v) is 4.25. The fraction of sp³-hybridized carbons (Fsp3) is 0.421. The zero-order valence-electron chi connectivity index (χ0n) is 17.0. The Bertz CT molecular complexity index is 796. The van der Waals surface area contributed by atoms with E-state index in [1.807, 2.05) is 30.3 Å². The predicted octanol–water partition coefficient (Wildman–Crippen LogP) is -2.46. The van der Waals surface area contributed by atoms with Gasteiger partial charge in [-0.1, -0.05) is 30.3 Å². The summed E-state index contributed by atoms with van der Waals surface area (Å²) in [4.78, 5) is 51.3. The standard InChI is InChI=1S/C19H29N7O5/c20-12(9-11-5-2-1-3-6-11)17(30)25-13(7-4-8-24-19(22)23)18(31)26-14(16(21)29)10-15(27)28/h1-3,5-6,12-14H,4,7-10,20H2,(H2,21,29)(H,25,30)(H,26,31)(H,27,28)(H4,22,23,24)/t12-,13-,14-/m0/s1. The maximum Gasteiger partial charge on any atom is 0.305 e. The number of carbonyl (C=O) groups is 4. The van der Waals surface area contributed by atoms with E-state index in [9.17, 15) is 19.2 Å². The highest BCUT2D eigenvalue weighted by Crippen LogP contribution is 2.05. The van der Waals surface area contributed by atoms with Crippen molar-refractivity contribution in [1.82, 2.24) is 10.6 Å². The minimum absolute atomic E-state index is 0.116. The Morgan fingerprint density at radius 1 is 0.968 bits per heavy atom. The van der Waals surface area contributed by atoms with Gasteiger partial charge in [-0.3, -0.25) is 24.2 Å². The first kappa shape index (κ1) is 25.4. The van der Waals surface area contributed by atoms with E-state index in [4.69, 9.17) is 28.0 Å². The molecule has 0 heterocycles. The summed E-state index contributed by atoms with van der Waals surface area (Å²) in [6, 6.07) is 5.63. The molecule has 0 saturated heterocycles. The van der Waals surface area contributed by atoms with Crippen LogP contribution in [0.25, 0.3) is 0 Å². The first-order chi connectivity index (χ1) is 14.6. The quantitative estimate of drug-likeness (QED) is 0.0995. The van der Waals surface area contributed by atoms with Gasteiger partial charge in [-0.2, -0.15) is 0 Å². The number of aliphatic carboxylic acids is 1. The van der Waals surface area contributed by atoms with E-state index in [0.29, 0.717) is 6.42 Å². The van der Waals surface area contributed by atoms with Gasteiger partial charge in [-0.25, -0.2) is 0 Å². The second-order valence-electron chi connectivity index (χ2n) is 6.87. The van der Waals surface area contributed by atoms with Gasteiger partial charge in [0.05, 0.1) is 12.5 Å². The molecule has 1 rings (SSSR count). The Morgan fingerprint density at radius 2 is 1.58 bits per heavy atom. The second kappa shape index (κ2) is 12.8. The zero-order chi connectivity index (χ0) is 23.4. The number of hydrogen-bond acceptors (Lipinski definition) is 6. The van der Waals surface area contributed by atoms with Crippen molar-refractivity contribution in [2.24, 2.45) is 27.9 Å². The van der Waals surface area contributed by atoms with Gasteiger partial charge in [0.25, 0.3) is 0 Å². The van der Waals surface area contributed by atoms with Crippen molar-refractivity contribution >= 4 is 29.7 Å². The van der Waals surface area contributed by atoms with Crippen LogP contribution in [0.1, 0.15) is 24.8 Å². The van der Waals surface area contributed by atoms with Crippen LogP contribution in [-0.4, -0.2) is 59.4 Å². The molecule has 0 saturated carbocycles. The smallest absolute Gasteiger partial charge is 0.305 e. The predicted molar refractivity (Wildman–Crippen MR) is 113 cm³/mol. The molecule has 0 fully saturated rings. The van der Waals surface area contributed by atoms with Crippen LogP contribution >= 0.6 is 0 Å². The Labute approximate surface area is 179 Å². The van der Waals surface area contributed by atoms with Crippen molar-refractivity contribution in [3.8, 4) is 0 Å². The summed E-state index contributed by atoms with van der Waals surface area (Å²) < 4.78 is 0. The zero-order valence-corrected chi connectivity index (χ0v) is 17.0. The van der Waals surface area contributed by atoms with E-state index in [1.165, 1.54) is 0 Å². The molecule has 12 nitrogen and oxygen atoms in total. The lowest BCUT2D eigenvalue weighted by atomic mass is 10.0. The number of carboxylic acids is 1. The fourth-order valence-corrected chi connectivity index (χ4v) is 2.68. The number of nitrogens with two attached hydrogens (primary N) is 4. The van der Waals surface area contributed by atoms with Gasteiger partial charge in [-0.15, -0.1) is 0 Å². The van der Waals surface area contributed by atoms with Crippen LogP contribution in [0.4, 0.5) is 0 Å². The van der Waals surface area contributed by atoms with Crippen molar-refractivity contribution in [3.63, 3.8) is 0 Å². The molecule has 0 aliphatic heterocycles. The van der Waals surface area contributed by atoms with E-state index in [1.54, 1.807) is 0 Å². The van der Waals surface area contributed by atoms with Gasteiger partial charge < -0.3 is 38.7 Å². The van der Waals surface area contributed by atoms with Crippen LogP contribution in [0.5, 0.6) is 0 Å². The molecule has 0 radical (unpaired) electrons. The van der Waals surface area contributed by atoms with Crippen LogP contribution in [0.15, 0.2) is 35.3 Å². The lowest BCUT2D eigenvalue weighted by molar-refractivity contribution is -0.140. The molecule has 0 spiro atoms. The number of amides is 3. The summed E-state index contributed by atoms with van der Waals surface area (Å²) in [7, 11) is 0. The fourth-order valence-electron chi connectivity index (χ4n) is 2.68. The highest BCUT2D eigenvalue weighted by Gasteiger charge is 2.28. The van der Waals surface area contributed by atoms with E-state index < -0.39 is 48.2 Å². The second-order valence-corrected chi connectivity index (χ2v) is 6.87. The number of primary amides is 1. The molecule has 12 heteroatoms. The number of nitrogens with one attached hydrogen (secondary N) is 2. The molecule has 0 unspecified atom stereocenters. The summed E-state index contributed by atoms with van der Waals surface area (Å²) in [6.45, 7) is 0.201. The highest BCUT2D eigenvalue weighted by molar-refractivity contribution is 5.94. The Kier molecular flexibility index (Phi) is 10.5. The maximum atomic E-state index is 12.6. The van der Waals surface area contributed by atoms with Gasteiger partial charge in [-0.05, 0) is 24.8 Å². The van der Waals surface area contributed by atoms with Crippen LogP contribution in [0, 0.1) is 0 Å². The minimum Gasteiger partial charge on any atom is -0.481 e. The molecule has 3 amide bonds. The number of benzene rings is 1. The molecule has 1 aromatic rings. The molecule has 1 aromatic carbocycles. The van der Waals surface area contributed by atoms with Crippen LogP contribution in [0.3, 0.4) is 0 Å². The number of carbonyl (C=O) groups excluding carboxylic acids is 3. The summed E-state index contributed by atoms with van der Waals surface area (Å²) >= 11 is 0. The van der Waals surface area contributed by atoms with E-state index in [0.717, 1.165) is 5.56 Å². The monoisotopic (exact) mass is 435 g/mol. The molecule has 170 valence electrons. The Morgan fingerprint density at radius 3 is 2.13 bits per heavy atom. The number of aliphatic imine (C=N–C) groups is 1. The van der Waals surface area contributed by atoms with E-state index in [2.05, 4.69) is 15.6 Å². The van der Waals surface area contributed by atoms with Gasteiger partial charge in [0.1, 0.15) is 12.1 Å². The number of nitrogens with zero attached hydrogens (tertiary/aromatic N) is 1. The normalized spacial score (nSPS) is 13.3. The molecular weight excluding hydrogens is 406 g/mol. The highest BCUT2D eigenvalue weighted by atomic mass is 16.4. The molecule has 0 aliphatic carbocycles. The maximum absolute atomic E-state index is 12.6. The van der Waals surface area contributed by atoms with E-state index >= 15 is 0 Å². The molecule has 3 atom stereocenters. The third-order valence-electron chi connectivity index (χ3n) is 4.25. The molecular formula is C19H29N7O5. The Hall–Kier alpha value is -3.67. The number of guanidine groups is 1. The van der Waals surface area contributed by atoms with Crippen LogP contribution in [0.2, 0.25) is 0 Å². The van der Waals surface area contributed by atoms with Gasteiger partial charge in [0, 0.05) is 6.54 Å². The first-order valence-electron chi connectivity index (χ1n) is 9.57. The average Bonchev–Trinajstić information content (AvgIpc) is 2.69. The molecule has 0 bridgehead atoms. The number of hydrogen-bond donors (Lipinski definition) is 7. The number of carboxylic acid groups (broad SMARTS) is 1. The SMILES string of the molecule is NC(=O)[C@H](CC(=O)O)NC(=O)[C@H](CCCN=C(N)N)NC(=O)[C@@H](N)Cc1ccccc1. The molecule has 0 aliphatic rings. The van der Waals surface area contributed by atoms with Gasteiger partial charge >= 0.3 is 5.97 Å². The van der Waals surface area contributed by atoms with Crippen LogP contribution in [-0.2, 0) is 25.6 Å². The van der Waals surface area contributed by atoms with E-state index in [-0.39, 0.29) is 25.3 Å². The van der Waals surface area contributed by atoms with Crippen molar-refractivity contribution in [2.45, 2.75) is 43.8 Å². The average molecular weight is 435 g/mol. The topological polar surface area (TPSA) is 229 Å². The van der Waals surface area contributed by atoms with Crippen LogP contribution < -0.4 is 33.6 Å². The molecule has 0 aromatic heterocycles. The first-order valence-corrected chi connectivity index (χ1v) is 9.57. The summed E-state index contributed by atoms with van der Waals surface area (Å²) in [6.07, 6.45) is -0.00345. The molecule has 11 N–H and O–H groups in total. The lowest BCUT2D eigenvalue weighted by Gasteiger charge is -2.22. The van der Waals surface area contributed by atoms with Gasteiger partial charge in [0.15, 0.2) is 5.96 Å². The van der Waals surface area contributed by atoms with Gasteiger partial charge in [0.2, 0.25) is 17.7 Å². The van der Waals surface area contributed by atoms with Crippen molar-refractivity contribution in [3.05, 3.63) is 35.9 Å². The van der Waals surface area contributed by atoms with Crippen molar-refractivity contribution < 1.29 is 24.3 Å². The third kappa shape index (κ3) is 10.1. The summed E-state index contributed by atoms with van der Waals surface area (Å²) in [5, 5.41) is 13.7. The Balaban J connectivity index is 2.84. The van der Waals surface area contributed by atoms with Crippen molar-refractivity contribution in [2.75, 3.05) is 6.54 Å². The lowest BCUT2D eigenvalue weighted by Crippen LogP contribution is -2.55. The number of rotatable bonds is 13. The largest absolute Gasteiger partial charge is 0.481 e. The minimum atomic E-state index is -1.43.